The summed E-state index contributed by atoms with van der Waals surface area (Å²) in [6.45, 7) is 2.04. The number of methoxy groups -OCH3 is 1. The van der Waals surface area contributed by atoms with Crippen molar-refractivity contribution in [3.63, 3.8) is 0 Å². The topological polar surface area (TPSA) is 52.6 Å². The summed E-state index contributed by atoms with van der Waals surface area (Å²) in [4.78, 5) is 24.8. The van der Waals surface area contributed by atoms with Crippen molar-refractivity contribution in [2.24, 2.45) is 0 Å². The Morgan fingerprint density at radius 3 is 2.46 bits per heavy atom. The van der Waals surface area contributed by atoms with Crippen LogP contribution in [0.4, 0.5) is 0 Å². The van der Waals surface area contributed by atoms with Crippen molar-refractivity contribution < 1.29 is 19.1 Å². The van der Waals surface area contributed by atoms with Crippen LogP contribution in [0, 0.1) is 0 Å². The highest BCUT2D eigenvalue weighted by atomic mass is 16.5. The van der Waals surface area contributed by atoms with Crippen molar-refractivity contribution in [2.45, 2.75) is 13.3 Å². The first-order valence-electron chi connectivity index (χ1n) is 7.83. The van der Waals surface area contributed by atoms with Crippen LogP contribution in [0.25, 0.3) is 5.57 Å². The Balaban J connectivity index is 2.13. The molecule has 2 aromatic carbocycles. The average Bonchev–Trinajstić information content (AvgIpc) is 2.87. The van der Waals surface area contributed by atoms with Gasteiger partial charge >= 0.3 is 5.97 Å². The number of hydrogen-bond acceptors (Lipinski definition) is 4. The molecule has 1 aliphatic rings. The molecule has 1 aliphatic carbocycles. The van der Waals surface area contributed by atoms with Gasteiger partial charge in [0.15, 0.2) is 5.78 Å². The number of carbonyl (C=O) groups is 2. The van der Waals surface area contributed by atoms with E-state index in [4.69, 9.17) is 9.47 Å². The summed E-state index contributed by atoms with van der Waals surface area (Å²) in [6.07, 6.45) is -0.0338. The normalized spacial score (nSPS) is 13.0. The van der Waals surface area contributed by atoms with E-state index in [1.165, 1.54) is 0 Å². The Morgan fingerprint density at radius 2 is 1.79 bits per heavy atom. The molecule has 0 aliphatic heterocycles. The van der Waals surface area contributed by atoms with Crippen molar-refractivity contribution in [3.8, 4) is 5.75 Å². The standard InChI is InChI=1S/C20H18O4/c1-3-24-18(21)12-17-19(13-7-5-4-6-8-13)15-10-9-14(23-2)11-16(15)20(17)22/h4-11H,3,12H2,1-2H3. The van der Waals surface area contributed by atoms with Gasteiger partial charge in [0.1, 0.15) is 5.75 Å². The average molecular weight is 322 g/mol. The zero-order valence-corrected chi connectivity index (χ0v) is 13.7. The number of carbonyl (C=O) groups excluding carboxylic acids is 2. The van der Waals surface area contributed by atoms with Gasteiger partial charge in [-0.2, -0.15) is 0 Å². The van der Waals surface area contributed by atoms with Crippen molar-refractivity contribution in [1.82, 2.24) is 0 Å². The number of esters is 1. The van der Waals surface area contributed by atoms with Crippen molar-refractivity contribution in [2.75, 3.05) is 13.7 Å². The Hall–Kier alpha value is -2.88. The maximum Gasteiger partial charge on any atom is 0.310 e. The maximum atomic E-state index is 12.9. The summed E-state index contributed by atoms with van der Waals surface area (Å²) in [5.74, 6) is 0.0803. The van der Waals surface area contributed by atoms with Gasteiger partial charge in [0.05, 0.1) is 20.1 Å². The molecule has 0 radical (unpaired) electrons. The highest BCUT2D eigenvalue weighted by Crippen LogP contribution is 2.40. The van der Waals surface area contributed by atoms with Gasteiger partial charge < -0.3 is 9.47 Å². The first-order valence-corrected chi connectivity index (χ1v) is 7.83. The van der Waals surface area contributed by atoms with E-state index in [1.54, 1.807) is 20.1 Å². The van der Waals surface area contributed by atoms with E-state index < -0.39 is 5.97 Å². The zero-order valence-electron chi connectivity index (χ0n) is 13.7. The third-order valence-electron chi connectivity index (χ3n) is 4.01. The Kier molecular flexibility index (Phi) is 4.47. The van der Waals surface area contributed by atoms with E-state index in [9.17, 15) is 9.59 Å². The zero-order chi connectivity index (χ0) is 17.1. The van der Waals surface area contributed by atoms with E-state index in [-0.39, 0.29) is 12.2 Å². The first kappa shape index (κ1) is 16.0. The lowest BCUT2D eigenvalue weighted by molar-refractivity contribution is -0.142. The van der Waals surface area contributed by atoms with Crippen LogP contribution >= 0.6 is 0 Å². The molecule has 0 bridgehead atoms. The molecule has 0 fully saturated rings. The van der Waals surface area contributed by atoms with Crippen LogP contribution in [0.5, 0.6) is 5.75 Å². The van der Waals surface area contributed by atoms with Gasteiger partial charge in [-0.3, -0.25) is 9.59 Å². The third-order valence-corrected chi connectivity index (χ3v) is 4.01. The molecule has 0 atom stereocenters. The quantitative estimate of drug-likeness (QED) is 0.789. The molecule has 0 heterocycles. The van der Waals surface area contributed by atoms with Gasteiger partial charge in [0.25, 0.3) is 0 Å². The van der Waals surface area contributed by atoms with Crippen LogP contribution in [0.3, 0.4) is 0 Å². The fourth-order valence-corrected chi connectivity index (χ4v) is 2.95. The predicted molar refractivity (Wildman–Crippen MR) is 91.0 cm³/mol. The molecule has 0 aromatic heterocycles. The molecule has 4 nitrogen and oxygen atoms in total. The molecule has 0 N–H and O–H groups in total. The number of Topliss-reactive ketones (excluding diaryl/α,β-unsaturated/α-hetero) is 1. The van der Waals surface area contributed by atoms with Crippen LogP contribution in [-0.4, -0.2) is 25.5 Å². The van der Waals surface area contributed by atoms with Crippen LogP contribution in [0.1, 0.15) is 34.8 Å². The van der Waals surface area contributed by atoms with Crippen molar-refractivity contribution >= 4 is 17.3 Å². The minimum Gasteiger partial charge on any atom is -0.497 e. The summed E-state index contributed by atoms with van der Waals surface area (Å²) < 4.78 is 10.3. The maximum absolute atomic E-state index is 12.9. The van der Waals surface area contributed by atoms with E-state index in [0.29, 0.717) is 23.5 Å². The van der Waals surface area contributed by atoms with Gasteiger partial charge in [0, 0.05) is 11.1 Å². The summed E-state index contributed by atoms with van der Waals surface area (Å²) in [7, 11) is 1.56. The minimum atomic E-state index is -0.394. The molecule has 0 spiro atoms. The molecule has 4 heteroatoms. The summed E-state index contributed by atoms with van der Waals surface area (Å²) in [5, 5.41) is 0. The molecule has 122 valence electrons. The number of hydrogen-bond donors (Lipinski definition) is 0. The Labute approximate surface area is 140 Å². The summed E-state index contributed by atoms with van der Waals surface area (Å²) >= 11 is 0. The van der Waals surface area contributed by atoms with Crippen molar-refractivity contribution in [1.29, 1.82) is 0 Å². The highest BCUT2D eigenvalue weighted by molar-refractivity contribution is 6.24. The van der Waals surface area contributed by atoms with Crippen LogP contribution in [-0.2, 0) is 9.53 Å². The Bertz CT molecular complexity index is 819. The number of ketones is 1. The summed E-state index contributed by atoms with van der Waals surface area (Å²) in [5.41, 5.74) is 3.57. The molecule has 24 heavy (non-hydrogen) atoms. The number of ether oxygens (including phenoxy) is 2. The van der Waals surface area contributed by atoms with E-state index >= 15 is 0 Å². The monoisotopic (exact) mass is 322 g/mol. The van der Waals surface area contributed by atoms with E-state index in [2.05, 4.69) is 0 Å². The van der Waals surface area contributed by atoms with E-state index in [1.807, 2.05) is 42.5 Å². The lowest BCUT2D eigenvalue weighted by Gasteiger charge is -2.08. The second kappa shape index (κ2) is 6.71. The molecular weight excluding hydrogens is 304 g/mol. The Morgan fingerprint density at radius 1 is 1.04 bits per heavy atom. The van der Waals surface area contributed by atoms with E-state index in [0.717, 1.165) is 16.7 Å². The lowest BCUT2D eigenvalue weighted by atomic mass is 9.96. The molecule has 0 saturated carbocycles. The SMILES string of the molecule is CCOC(=O)CC1=C(c2ccccc2)c2ccc(OC)cc2C1=O. The number of benzene rings is 2. The fourth-order valence-electron chi connectivity index (χ4n) is 2.95. The van der Waals surface area contributed by atoms with Gasteiger partial charge in [0.2, 0.25) is 0 Å². The minimum absolute atomic E-state index is 0.0338. The predicted octanol–water partition coefficient (Wildman–Crippen LogP) is 3.65. The third kappa shape index (κ3) is 2.83. The van der Waals surface area contributed by atoms with Crippen LogP contribution < -0.4 is 4.74 Å². The number of fused-ring (bicyclic) bond motifs is 1. The van der Waals surface area contributed by atoms with Gasteiger partial charge in [-0.05, 0) is 41.8 Å². The number of rotatable bonds is 5. The van der Waals surface area contributed by atoms with Crippen LogP contribution in [0.15, 0.2) is 54.1 Å². The smallest absolute Gasteiger partial charge is 0.310 e. The summed E-state index contributed by atoms with van der Waals surface area (Å²) in [6, 6.07) is 15.0. The molecule has 0 amide bonds. The highest BCUT2D eigenvalue weighted by Gasteiger charge is 2.32. The fraction of sp³-hybridized carbons (Fsp3) is 0.200. The van der Waals surface area contributed by atoms with Crippen LogP contribution in [0.2, 0.25) is 0 Å². The van der Waals surface area contributed by atoms with Gasteiger partial charge in [-0.1, -0.05) is 30.3 Å². The molecule has 3 rings (SSSR count). The first-order chi connectivity index (χ1) is 11.7. The molecule has 0 unspecified atom stereocenters. The second-order valence-corrected chi connectivity index (χ2v) is 5.44. The molecule has 2 aromatic rings. The van der Waals surface area contributed by atoms with Gasteiger partial charge in [-0.25, -0.2) is 0 Å². The van der Waals surface area contributed by atoms with Gasteiger partial charge in [-0.15, -0.1) is 0 Å². The molecule has 0 saturated heterocycles. The largest absolute Gasteiger partial charge is 0.497 e. The second-order valence-electron chi connectivity index (χ2n) is 5.44. The lowest BCUT2D eigenvalue weighted by Crippen LogP contribution is -2.09. The molecular formula is C20H18O4. The van der Waals surface area contributed by atoms with Crippen molar-refractivity contribution in [3.05, 3.63) is 70.8 Å².